The predicted octanol–water partition coefficient (Wildman–Crippen LogP) is 0.862. The SMILES string of the molecule is CC(CC(=O)N(C)C)NCC(O)CN1CCc2ccccc2C1. The zero-order valence-electron chi connectivity index (χ0n) is 14.5. The van der Waals surface area contributed by atoms with Gasteiger partial charge in [-0.2, -0.15) is 0 Å². The number of benzene rings is 1. The summed E-state index contributed by atoms with van der Waals surface area (Å²) in [5.74, 6) is 0.104. The van der Waals surface area contributed by atoms with Crippen molar-refractivity contribution < 1.29 is 9.90 Å². The third-order valence-electron chi connectivity index (χ3n) is 4.36. The molecule has 0 bridgehead atoms. The second kappa shape index (κ2) is 8.43. The molecule has 128 valence electrons. The molecule has 5 nitrogen and oxygen atoms in total. The molecule has 1 aromatic rings. The predicted molar refractivity (Wildman–Crippen MR) is 92.2 cm³/mol. The van der Waals surface area contributed by atoms with E-state index in [9.17, 15) is 9.90 Å². The number of aliphatic hydroxyl groups excluding tert-OH is 1. The highest BCUT2D eigenvalue weighted by Gasteiger charge is 2.19. The minimum atomic E-state index is -0.419. The van der Waals surface area contributed by atoms with Gasteiger partial charge in [-0.1, -0.05) is 24.3 Å². The van der Waals surface area contributed by atoms with E-state index >= 15 is 0 Å². The van der Waals surface area contributed by atoms with Gasteiger partial charge in [0.05, 0.1) is 6.10 Å². The van der Waals surface area contributed by atoms with Gasteiger partial charge in [0.2, 0.25) is 5.91 Å². The number of aliphatic hydroxyl groups is 1. The zero-order chi connectivity index (χ0) is 16.8. The summed E-state index contributed by atoms with van der Waals surface area (Å²) in [6.07, 6.45) is 1.08. The first-order valence-electron chi connectivity index (χ1n) is 8.36. The third kappa shape index (κ3) is 5.61. The van der Waals surface area contributed by atoms with Gasteiger partial charge < -0.3 is 15.3 Å². The molecule has 0 aliphatic carbocycles. The number of rotatable bonds is 7. The van der Waals surface area contributed by atoms with Gasteiger partial charge in [0.25, 0.3) is 0 Å². The Hall–Kier alpha value is -1.43. The lowest BCUT2D eigenvalue weighted by Crippen LogP contribution is -2.43. The van der Waals surface area contributed by atoms with Gasteiger partial charge in [0.1, 0.15) is 0 Å². The van der Waals surface area contributed by atoms with Crippen LogP contribution in [-0.4, -0.2) is 66.7 Å². The van der Waals surface area contributed by atoms with Crippen molar-refractivity contribution in [1.82, 2.24) is 15.1 Å². The molecule has 0 aromatic heterocycles. The number of hydrogen-bond donors (Lipinski definition) is 2. The van der Waals surface area contributed by atoms with Crippen LogP contribution < -0.4 is 5.32 Å². The van der Waals surface area contributed by atoms with Crippen molar-refractivity contribution >= 4 is 5.91 Å². The van der Waals surface area contributed by atoms with E-state index in [0.29, 0.717) is 19.5 Å². The van der Waals surface area contributed by atoms with Crippen LogP contribution in [0.1, 0.15) is 24.5 Å². The van der Waals surface area contributed by atoms with Gasteiger partial charge in [0.15, 0.2) is 0 Å². The van der Waals surface area contributed by atoms with E-state index < -0.39 is 6.10 Å². The largest absolute Gasteiger partial charge is 0.390 e. The minimum Gasteiger partial charge on any atom is -0.390 e. The molecule has 0 fully saturated rings. The number of β-amino-alcohol motifs (C(OH)–C–C–N with tert-alkyl or cyclic N) is 1. The van der Waals surface area contributed by atoms with Crippen LogP contribution in [0.2, 0.25) is 0 Å². The highest BCUT2D eigenvalue weighted by molar-refractivity contribution is 5.76. The van der Waals surface area contributed by atoms with Gasteiger partial charge in [-0.25, -0.2) is 0 Å². The lowest BCUT2D eigenvalue weighted by molar-refractivity contribution is -0.129. The third-order valence-corrected chi connectivity index (χ3v) is 4.36. The maximum atomic E-state index is 11.6. The Labute approximate surface area is 139 Å². The molecule has 2 N–H and O–H groups in total. The molecule has 2 atom stereocenters. The van der Waals surface area contributed by atoms with E-state index in [1.165, 1.54) is 11.1 Å². The first-order valence-corrected chi connectivity index (χ1v) is 8.36. The fourth-order valence-electron chi connectivity index (χ4n) is 2.93. The highest BCUT2D eigenvalue weighted by Crippen LogP contribution is 2.18. The number of hydrogen-bond acceptors (Lipinski definition) is 4. The summed E-state index contributed by atoms with van der Waals surface area (Å²) in [5.41, 5.74) is 2.79. The second-order valence-corrected chi connectivity index (χ2v) is 6.71. The lowest BCUT2D eigenvalue weighted by Gasteiger charge is -2.30. The van der Waals surface area contributed by atoms with Crippen LogP contribution in [0.25, 0.3) is 0 Å². The molecule has 0 saturated heterocycles. The fraction of sp³-hybridized carbons (Fsp3) is 0.611. The summed E-state index contributed by atoms with van der Waals surface area (Å²) in [6.45, 7) is 5.05. The Morgan fingerprint density at radius 2 is 2.04 bits per heavy atom. The molecular formula is C18H29N3O2. The number of carbonyl (C=O) groups is 1. The highest BCUT2D eigenvalue weighted by atomic mass is 16.3. The van der Waals surface area contributed by atoms with E-state index in [1.54, 1.807) is 19.0 Å². The quantitative estimate of drug-likeness (QED) is 0.783. The van der Waals surface area contributed by atoms with Crippen molar-refractivity contribution in [2.75, 3.05) is 33.7 Å². The molecule has 1 aliphatic heterocycles. The first kappa shape index (κ1) is 17.9. The van der Waals surface area contributed by atoms with Crippen LogP contribution in [0.15, 0.2) is 24.3 Å². The minimum absolute atomic E-state index is 0.0710. The molecular weight excluding hydrogens is 290 g/mol. The van der Waals surface area contributed by atoms with Crippen LogP contribution in [0.5, 0.6) is 0 Å². The molecule has 1 heterocycles. The van der Waals surface area contributed by atoms with E-state index in [-0.39, 0.29) is 11.9 Å². The average molecular weight is 319 g/mol. The molecule has 1 amide bonds. The van der Waals surface area contributed by atoms with Gasteiger partial charge in [-0.05, 0) is 24.5 Å². The Morgan fingerprint density at radius 3 is 2.74 bits per heavy atom. The van der Waals surface area contributed by atoms with Crippen molar-refractivity contribution in [3.63, 3.8) is 0 Å². The van der Waals surface area contributed by atoms with E-state index in [2.05, 4.69) is 34.5 Å². The summed E-state index contributed by atoms with van der Waals surface area (Å²) in [4.78, 5) is 15.5. The zero-order valence-corrected chi connectivity index (χ0v) is 14.5. The molecule has 1 aromatic carbocycles. The average Bonchev–Trinajstić information content (AvgIpc) is 2.52. The monoisotopic (exact) mass is 319 g/mol. The smallest absolute Gasteiger partial charge is 0.223 e. The van der Waals surface area contributed by atoms with Crippen LogP contribution in [-0.2, 0) is 17.8 Å². The Kier molecular flexibility index (Phi) is 6.57. The number of carbonyl (C=O) groups excluding carboxylic acids is 1. The molecule has 0 spiro atoms. The van der Waals surface area contributed by atoms with Gasteiger partial charge in [-0.15, -0.1) is 0 Å². The lowest BCUT2D eigenvalue weighted by atomic mass is 10.00. The van der Waals surface area contributed by atoms with Gasteiger partial charge >= 0.3 is 0 Å². The van der Waals surface area contributed by atoms with Crippen LogP contribution >= 0.6 is 0 Å². The van der Waals surface area contributed by atoms with Crippen molar-refractivity contribution in [3.8, 4) is 0 Å². The van der Waals surface area contributed by atoms with Crippen LogP contribution in [0.3, 0.4) is 0 Å². The number of nitrogens with one attached hydrogen (secondary N) is 1. The number of amides is 1. The molecule has 2 unspecified atom stereocenters. The standard InChI is InChI=1S/C18H29N3O2/c1-14(10-18(23)20(2)3)19-11-17(22)13-21-9-8-15-6-4-5-7-16(15)12-21/h4-7,14,17,19,22H,8-13H2,1-3H3. The molecule has 1 aliphatic rings. The van der Waals surface area contributed by atoms with E-state index in [4.69, 9.17) is 0 Å². The Bertz CT molecular complexity index is 519. The van der Waals surface area contributed by atoms with E-state index in [0.717, 1.165) is 19.5 Å². The molecule has 0 radical (unpaired) electrons. The molecule has 2 rings (SSSR count). The maximum Gasteiger partial charge on any atom is 0.223 e. The van der Waals surface area contributed by atoms with Crippen molar-refractivity contribution in [3.05, 3.63) is 35.4 Å². The molecule has 23 heavy (non-hydrogen) atoms. The maximum absolute atomic E-state index is 11.6. The fourth-order valence-corrected chi connectivity index (χ4v) is 2.93. The van der Waals surface area contributed by atoms with E-state index in [1.807, 2.05) is 6.92 Å². The Morgan fingerprint density at radius 1 is 1.35 bits per heavy atom. The summed E-state index contributed by atoms with van der Waals surface area (Å²) >= 11 is 0. The Balaban J connectivity index is 1.71. The van der Waals surface area contributed by atoms with Crippen molar-refractivity contribution in [2.24, 2.45) is 0 Å². The van der Waals surface area contributed by atoms with Crippen LogP contribution in [0.4, 0.5) is 0 Å². The normalized spacial score (nSPS) is 17.4. The number of nitrogens with zero attached hydrogens (tertiary/aromatic N) is 2. The second-order valence-electron chi connectivity index (χ2n) is 6.71. The molecule has 5 heteroatoms. The summed E-state index contributed by atoms with van der Waals surface area (Å²) in [7, 11) is 3.52. The first-order chi connectivity index (χ1) is 11.0. The van der Waals surface area contributed by atoms with Gasteiger partial charge in [0, 0.05) is 52.7 Å². The summed E-state index contributed by atoms with van der Waals surface area (Å²) < 4.78 is 0. The van der Waals surface area contributed by atoms with Gasteiger partial charge in [-0.3, -0.25) is 9.69 Å². The van der Waals surface area contributed by atoms with Crippen molar-refractivity contribution in [1.29, 1.82) is 0 Å². The summed E-state index contributed by atoms with van der Waals surface area (Å²) in [5, 5.41) is 13.5. The molecule has 0 saturated carbocycles. The van der Waals surface area contributed by atoms with Crippen LogP contribution in [0, 0.1) is 0 Å². The summed E-state index contributed by atoms with van der Waals surface area (Å²) in [6, 6.07) is 8.59. The topological polar surface area (TPSA) is 55.8 Å². The van der Waals surface area contributed by atoms with Crippen molar-refractivity contribution in [2.45, 2.75) is 38.5 Å². The number of fused-ring (bicyclic) bond motifs is 1.